The summed E-state index contributed by atoms with van der Waals surface area (Å²) in [6.07, 6.45) is 0. The number of aromatic nitrogens is 1. The molecule has 2 aromatic carbocycles. The zero-order chi connectivity index (χ0) is 20.1. The summed E-state index contributed by atoms with van der Waals surface area (Å²) in [4.78, 5) is 15.8. The SMILES string of the molecule is CCOC(OCC)(P=O)c1ccc(-c2nc3cc(OC(C)=O)ccc3s2)cc1. The number of nitrogens with zero attached hydrogens (tertiary/aromatic N) is 1. The van der Waals surface area contributed by atoms with Gasteiger partial charge in [-0.1, -0.05) is 24.3 Å². The van der Waals surface area contributed by atoms with Crippen molar-refractivity contribution < 1.29 is 23.6 Å². The molecule has 0 unspecified atom stereocenters. The molecule has 0 N–H and O–H groups in total. The summed E-state index contributed by atoms with van der Waals surface area (Å²) in [7, 11) is -0.252. The van der Waals surface area contributed by atoms with Gasteiger partial charge in [0.15, 0.2) is 0 Å². The van der Waals surface area contributed by atoms with Crippen LogP contribution in [0.4, 0.5) is 0 Å². The lowest BCUT2D eigenvalue weighted by atomic mass is 10.1. The molecule has 0 aliphatic carbocycles. The van der Waals surface area contributed by atoms with Crippen LogP contribution in [0.1, 0.15) is 26.3 Å². The van der Waals surface area contributed by atoms with Crippen molar-refractivity contribution >= 4 is 36.0 Å². The van der Waals surface area contributed by atoms with Crippen LogP contribution in [0.5, 0.6) is 5.75 Å². The lowest BCUT2D eigenvalue weighted by molar-refractivity contribution is -0.176. The molecular formula is C20H20NO5PS. The molecule has 146 valence electrons. The Labute approximate surface area is 168 Å². The average molecular weight is 417 g/mol. The van der Waals surface area contributed by atoms with Crippen LogP contribution >= 0.6 is 19.8 Å². The lowest BCUT2D eigenvalue weighted by Gasteiger charge is -2.26. The lowest BCUT2D eigenvalue weighted by Crippen LogP contribution is -2.27. The minimum atomic E-state index is -1.30. The van der Waals surface area contributed by atoms with E-state index in [4.69, 9.17) is 14.2 Å². The zero-order valence-corrected chi connectivity index (χ0v) is 17.5. The molecule has 1 heterocycles. The highest BCUT2D eigenvalue weighted by molar-refractivity contribution is 7.25. The highest BCUT2D eigenvalue weighted by Crippen LogP contribution is 2.39. The molecule has 3 aromatic rings. The summed E-state index contributed by atoms with van der Waals surface area (Å²) >= 11 is 1.54. The fourth-order valence-electron chi connectivity index (χ4n) is 2.79. The fraction of sp³-hybridized carbons (Fsp3) is 0.300. The van der Waals surface area contributed by atoms with E-state index in [-0.39, 0.29) is 14.4 Å². The number of benzene rings is 2. The maximum absolute atomic E-state index is 11.8. The van der Waals surface area contributed by atoms with Gasteiger partial charge in [-0.25, -0.2) is 4.98 Å². The molecule has 0 spiro atoms. The Bertz CT molecular complexity index is 980. The van der Waals surface area contributed by atoms with E-state index in [0.29, 0.717) is 24.5 Å². The first-order valence-corrected chi connectivity index (χ1v) is 10.5. The van der Waals surface area contributed by atoms with E-state index in [1.807, 2.05) is 44.2 Å². The molecule has 0 saturated carbocycles. The molecule has 3 rings (SSSR count). The third-order valence-corrected chi connectivity index (χ3v) is 5.76. The molecule has 0 radical (unpaired) electrons. The maximum atomic E-state index is 11.8. The number of ether oxygens (including phenoxy) is 3. The smallest absolute Gasteiger partial charge is 0.308 e. The Morgan fingerprint density at radius 1 is 1.11 bits per heavy atom. The van der Waals surface area contributed by atoms with Gasteiger partial charge in [0.2, 0.25) is 8.46 Å². The number of thiazole rings is 1. The number of carbonyl (C=O) groups is 1. The maximum Gasteiger partial charge on any atom is 0.308 e. The van der Waals surface area contributed by atoms with Crippen LogP contribution in [-0.2, 0) is 24.4 Å². The number of rotatable bonds is 8. The van der Waals surface area contributed by atoms with Crippen molar-refractivity contribution in [2.45, 2.75) is 26.3 Å². The van der Waals surface area contributed by atoms with E-state index in [1.54, 1.807) is 23.5 Å². The second-order valence-corrected chi connectivity index (χ2v) is 7.66. The molecule has 0 atom stereocenters. The minimum Gasteiger partial charge on any atom is -0.427 e. The Kier molecular flexibility index (Phi) is 6.52. The van der Waals surface area contributed by atoms with Gasteiger partial charge >= 0.3 is 5.97 Å². The number of hydrogen-bond donors (Lipinski definition) is 0. The molecule has 0 saturated heterocycles. The van der Waals surface area contributed by atoms with Crippen LogP contribution in [-0.4, -0.2) is 24.2 Å². The second-order valence-electron chi connectivity index (χ2n) is 5.86. The van der Waals surface area contributed by atoms with E-state index in [0.717, 1.165) is 20.8 Å². The van der Waals surface area contributed by atoms with Gasteiger partial charge in [0, 0.05) is 37.3 Å². The van der Waals surface area contributed by atoms with Gasteiger partial charge < -0.3 is 14.2 Å². The van der Waals surface area contributed by atoms with Gasteiger partial charge in [-0.05, 0) is 26.0 Å². The molecular weight excluding hydrogens is 397 g/mol. The van der Waals surface area contributed by atoms with Gasteiger partial charge in [0.1, 0.15) is 10.8 Å². The monoisotopic (exact) mass is 417 g/mol. The first-order valence-electron chi connectivity index (χ1n) is 8.83. The zero-order valence-electron chi connectivity index (χ0n) is 15.8. The van der Waals surface area contributed by atoms with Crippen LogP contribution in [0.15, 0.2) is 42.5 Å². The van der Waals surface area contributed by atoms with Crippen molar-refractivity contribution in [2.75, 3.05) is 13.2 Å². The molecule has 0 aliphatic heterocycles. The first-order chi connectivity index (χ1) is 13.5. The van der Waals surface area contributed by atoms with E-state index >= 15 is 0 Å². The van der Waals surface area contributed by atoms with Crippen molar-refractivity contribution in [2.24, 2.45) is 0 Å². The van der Waals surface area contributed by atoms with Crippen molar-refractivity contribution in [3.63, 3.8) is 0 Å². The number of carbonyl (C=O) groups excluding carboxylic acids is 1. The first kappa shape index (κ1) is 20.6. The third-order valence-electron chi connectivity index (χ3n) is 3.92. The Hall–Kier alpha value is -2.18. The largest absolute Gasteiger partial charge is 0.427 e. The predicted octanol–water partition coefficient (Wildman–Crippen LogP) is 5.36. The number of esters is 1. The fourth-order valence-corrected chi connectivity index (χ4v) is 4.36. The Morgan fingerprint density at radius 2 is 1.79 bits per heavy atom. The van der Waals surface area contributed by atoms with Gasteiger partial charge in [-0.3, -0.25) is 9.36 Å². The van der Waals surface area contributed by atoms with Crippen LogP contribution in [0.3, 0.4) is 0 Å². The second kappa shape index (κ2) is 8.88. The van der Waals surface area contributed by atoms with Crippen LogP contribution < -0.4 is 4.74 Å². The molecule has 0 amide bonds. The van der Waals surface area contributed by atoms with Crippen molar-refractivity contribution in [3.8, 4) is 16.3 Å². The molecule has 6 nitrogen and oxygen atoms in total. The third kappa shape index (κ3) is 4.28. The number of hydrogen-bond acceptors (Lipinski definition) is 7. The van der Waals surface area contributed by atoms with Gasteiger partial charge in [0.25, 0.3) is 5.53 Å². The minimum absolute atomic E-state index is 0.252. The van der Waals surface area contributed by atoms with Crippen LogP contribution in [0.2, 0.25) is 0 Å². The summed E-state index contributed by atoms with van der Waals surface area (Å²) in [6, 6.07) is 12.9. The normalized spacial score (nSPS) is 11.8. The molecule has 8 heteroatoms. The molecule has 0 aliphatic rings. The highest BCUT2D eigenvalue weighted by Gasteiger charge is 2.35. The molecule has 0 bridgehead atoms. The van der Waals surface area contributed by atoms with Crippen molar-refractivity contribution in [1.29, 1.82) is 0 Å². The van der Waals surface area contributed by atoms with Crippen molar-refractivity contribution in [1.82, 2.24) is 4.98 Å². The summed E-state index contributed by atoms with van der Waals surface area (Å²) in [5.41, 5.74) is 1.06. The van der Waals surface area contributed by atoms with Crippen LogP contribution in [0, 0.1) is 0 Å². The molecule has 0 fully saturated rings. The topological polar surface area (TPSA) is 74.7 Å². The summed E-state index contributed by atoms with van der Waals surface area (Å²) in [5, 5.41) is 0.833. The summed E-state index contributed by atoms with van der Waals surface area (Å²) in [5.74, 6) is 0.106. The quantitative estimate of drug-likeness (QED) is 0.212. The van der Waals surface area contributed by atoms with Crippen LogP contribution in [0.25, 0.3) is 20.8 Å². The number of fused-ring (bicyclic) bond motifs is 1. The van der Waals surface area contributed by atoms with E-state index in [9.17, 15) is 9.36 Å². The van der Waals surface area contributed by atoms with Gasteiger partial charge in [-0.2, -0.15) is 0 Å². The molecule has 1 aromatic heterocycles. The molecule has 28 heavy (non-hydrogen) atoms. The average Bonchev–Trinajstić information content (AvgIpc) is 3.11. The summed E-state index contributed by atoms with van der Waals surface area (Å²) < 4.78 is 29.2. The van der Waals surface area contributed by atoms with Gasteiger partial charge in [0.05, 0.1) is 10.2 Å². The van der Waals surface area contributed by atoms with E-state index in [2.05, 4.69) is 4.98 Å². The van der Waals surface area contributed by atoms with E-state index < -0.39 is 5.53 Å². The summed E-state index contributed by atoms with van der Waals surface area (Å²) in [6.45, 7) is 5.78. The standard InChI is InChI=1S/C20H20NO5PS/c1-4-24-20(27-23,25-5-2)15-8-6-14(7-9-15)19-21-17-12-16(26-13(3)22)10-11-18(17)28-19/h6-12H,4-5H2,1-3H3. The Balaban J connectivity index is 1.92. The van der Waals surface area contributed by atoms with Gasteiger partial charge in [-0.15, -0.1) is 11.3 Å². The predicted molar refractivity (Wildman–Crippen MR) is 109 cm³/mol. The van der Waals surface area contributed by atoms with E-state index in [1.165, 1.54) is 6.92 Å². The van der Waals surface area contributed by atoms with Crippen molar-refractivity contribution in [3.05, 3.63) is 48.0 Å². The Morgan fingerprint density at radius 3 is 2.36 bits per heavy atom. The highest BCUT2D eigenvalue weighted by atomic mass is 32.1.